The monoisotopic (exact) mass is 239 g/mol. The first-order valence-electron chi connectivity index (χ1n) is 5.44. The van der Waals surface area contributed by atoms with E-state index in [9.17, 15) is 0 Å². The molecule has 0 aliphatic rings. The van der Waals surface area contributed by atoms with Gasteiger partial charge >= 0.3 is 0 Å². The van der Waals surface area contributed by atoms with Crippen molar-refractivity contribution in [3.63, 3.8) is 0 Å². The Hall–Kier alpha value is -2.03. The highest BCUT2D eigenvalue weighted by atomic mass is 28.3. The van der Waals surface area contributed by atoms with Gasteiger partial charge in [0.1, 0.15) is 0 Å². The van der Waals surface area contributed by atoms with E-state index in [-0.39, 0.29) is 0 Å². The summed E-state index contributed by atoms with van der Waals surface area (Å²) in [5.41, 5.74) is 8.82. The minimum absolute atomic E-state index is 1.13. The van der Waals surface area contributed by atoms with Gasteiger partial charge in [-0.15, -0.1) is 4.78 Å². The van der Waals surface area contributed by atoms with Crippen LogP contribution in [0.4, 0.5) is 0 Å². The molecule has 3 nitrogen and oxygen atoms in total. The fraction of sp³-hybridized carbons (Fsp3) is 0.0769. The zero-order chi connectivity index (χ0) is 12.1. The smallest absolute Gasteiger partial charge is 0.113 e. The molecule has 0 bridgehead atoms. The normalized spacial score (nSPS) is 10.6. The van der Waals surface area contributed by atoms with Crippen LogP contribution in [0.2, 0.25) is 6.55 Å². The first-order chi connectivity index (χ1) is 8.27. The lowest BCUT2D eigenvalue weighted by atomic mass is 10.4. The minimum atomic E-state index is -2.29. The van der Waals surface area contributed by atoms with Crippen LogP contribution < -0.4 is 10.4 Å². The Morgan fingerprint density at radius 1 is 0.882 bits per heavy atom. The van der Waals surface area contributed by atoms with Gasteiger partial charge in [0.05, 0.1) is 0 Å². The van der Waals surface area contributed by atoms with E-state index >= 15 is 0 Å². The SMILES string of the molecule is C[Si](N=[N+]=[N-])(c1ccccc1)c1ccccc1. The lowest BCUT2D eigenvalue weighted by molar-refractivity contribution is 1.56. The molecular formula is C13H13N3Si. The largest absolute Gasteiger partial charge is 0.214 e. The van der Waals surface area contributed by atoms with E-state index in [4.69, 9.17) is 5.53 Å². The van der Waals surface area contributed by atoms with Gasteiger partial charge in [-0.1, -0.05) is 67.2 Å². The Balaban J connectivity index is 2.59. The van der Waals surface area contributed by atoms with Crippen LogP contribution in [0.1, 0.15) is 0 Å². The van der Waals surface area contributed by atoms with Crippen molar-refractivity contribution in [1.82, 2.24) is 0 Å². The van der Waals surface area contributed by atoms with Gasteiger partial charge in [-0.05, 0) is 20.8 Å². The minimum Gasteiger partial charge on any atom is -0.113 e. The second kappa shape index (κ2) is 4.87. The Kier molecular flexibility index (Phi) is 3.28. The molecule has 4 heteroatoms. The van der Waals surface area contributed by atoms with E-state index in [0.29, 0.717) is 0 Å². The molecule has 0 unspecified atom stereocenters. The predicted octanol–water partition coefficient (Wildman–Crippen LogP) is 2.69. The zero-order valence-electron chi connectivity index (χ0n) is 9.62. The van der Waals surface area contributed by atoms with E-state index in [1.54, 1.807) is 0 Å². The van der Waals surface area contributed by atoms with Gasteiger partial charge in [0.15, 0.2) is 0 Å². The number of azide groups is 1. The molecule has 0 aromatic heterocycles. The Labute approximate surface area is 101 Å². The lowest BCUT2D eigenvalue weighted by Crippen LogP contribution is -2.53. The predicted molar refractivity (Wildman–Crippen MR) is 72.9 cm³/mol. The molecule has 0 amide bonds. The molecule has 0 aliphatic heterocycles. The Bertz CT molecular complexity index is 494. The summed E-state index contributed by atoms with van der Waals surface area (Å²) in [6.45, 7) is 2.07. The van der Waals surface area contributed by atoms with Gasteiger partial charge < -0.3 is 0 Å². The number of hydrogen-bond acceptors (Lipinski definition) is 1. The third-order valence-corrected chi connectivity index (χ3v) is 6.32. The van der Waals surface area contributed by atoms with Gasteiger partial charge in [-0.25, -0.2) is 0 Å². The van der Waals surface area contributed by atoms with E-state index < -0.39 is 8.24 Å². The van der Waals surface area contributed by atoms with Crippen molar-refractivity contribution < 1.29 is 0 Å². The molecule has 2 rings (SSSR count). The molecule has 0 saturated carbocycles. The topological polar surface area (TPSA) is 48.8 Å². The van der Waals surface area contributed by atoms with Gasteiger partial charge in [0.25, 0.3) is 0 Å². The van der Waals surface area contributed by atoms with Crippen molar-refractivity contribution >= 4 is 18.6 Å². The van der Waals surface area contributed by atoms with Gasteiger partial charge in [-0.2, -0.15) is 0 Å². The molecule has 0 spiro atoms. The molecule has 2 aromatic rings. The van der Waals surface area contributed by atoms with Crippen LogP contribution in [-0.2, 0) is 0 Å². The molecule has 0 radical (unpaired) electrons. The van der Waals surface area contributed by atoms with E-state index in [1.165, 1.54) is 0 Å². The van der Waals surface area contributed by atoms with Crippen molar-refractivity contribution in [2.45, 2.75) is 6.55 Å². The Morgan fingerprint density at radius 3 is 1.65 bits per heavy atom. The van der Waals surface area contributed by atoms with Gasteiger partial charge in [-0.3, -0.25) is 0 Å². The third-order valence-electron chi connectivity index (χ3n) is 2.92. The van der Waals surface area contributed by atoms with Gasteiger partial charge in [0, 0.05) is 0 Å². The van der Waals surface area contributed by atoms with Gasteiger partial charge in [0.2, 0.25) is 8.24 Å². The quantitative estimate of drug-likeness (QED) is 0.342. The second-order valence-corrected chi connectivity index (χ2v) is 7.49. The summed E-state index contributed by atoms with van der Waals surface area (Å²) in [4.78, 5) is 3.05. The fourth-order valence-electron chi connectivity index (χ4n) is 1.90. The summed E-state index contributed by atoms with van der Waals surface area (Å²) < 4.78 is 4.12. The molecular weight excluding hydrogens is 226 g/mol. The maximum Gasteiger partial charge on any atom is 0.214 e. The lowest BCUT2D eigenvalue weighted by Gasteiger charge is -2.22. The summed E-state index contributed by atoms with van der Waals surface area (Å²) >= 11 is 0. The zero-order valence-corrected chi connectivity index (χ0v) is 10.6. The molecule has 0 N–H and O–H groups in total. The fourth-order valence-corrected chi connectivity index (χ4v) is 4.32. The number of nitrogens with zero attached hydrogens (tertiary/aromatic N) is 3. The summed E-state index contributed by atoms with van der Waals surface area (Å²) in [5, 5.41) is 2.26. The molecule has 2 aromatic carbocycles. The highest BCUT2D eigenvalue weighted by Crippen LogP contribution is 2.07. The van der Waals surface area contributed by atoms with Crippen LogP contribution in [0.25, 0.3) is 10.4 Å². The molecule has 0 atom stereocenters. The molecule has 0 saturated heterocycles. The summed E-state index contributed by atoms with van der Waals surface area (Å²) in [5.74, 6) is 0. The summed E-state index contributed by atoms with van der Waals surface area (Å²) in [6, 6.07) is 20.0. The highest BCUT2D eigenvalue weighted by molar-refractivity contribution is 7.00. The average molecular weight is 239 g/mol. The van der Waals surface area contributed by atoms with Crippen molar-refractivity contribution in [2.24, 2.45) is 4.78 Å². The van der Waals surface area contributed by atoms with Crippen LogP contribution in [-0.4, -0.2) is 8.24 Å². The summed E-state index contributed by atoms with van der Waals surface area (Å²) in [7, 11) is -2.29. The maximum absolute atomic E-state index is 8.82. The van der Waals surface area contributed by atoms with E-state index in [0.717, 1.165) is 10.4 Å². The molecule has 0 fully saturated rings. The van der Waals surface area contributed by atoms with Crippen molar-refractivity contribution in [1.29, 1.82) is 0 Å². The molecule has 17 heavy (non-hydrogen) atoms. The maximum atomic E-state index is 8.82. The van der Waals surface area contributed by atoms with Crippen molar-refractivity contribution in [3.05, 3.63) is 71.1 Å². The highest BCUT2D eigenvalue weighted by Gasteiger charge is 2.30. The van der Waals surface area contributed by atoms with Crippen molar-refractivity contribution in [2.75, 3.05) is 0 Å². The Morgan fingerprint density at radius 2 is 1.29 bits per heavy atom. The summed E-state index contributed by atoms with van der Waals surface area (Å²) in [6.07, 6.45) is 0. The van der Waals surface area contributed by atoms with E-state index in [1.807, 2.05) is 60.7 Å². The van der Waals surface area contributed by atoms with Crippen LogP contribution in [0.5, 0.6) is 0 Å². The van der Waals surface area contributed by atoms with Crippen LogP contribution >= 0.6 is 0 Å². The first kappa shape index (κ1) is 11.5. The first-order valence-corrected chi connectivity index (χ1v) is 7.89. The van der Waals surface area contributed by atoms with E-state index in [2.05, 4.69) is 16.2 Å². The standard InChI is InChI=1S/C13H13N3Si/c1-17(16-15-14,12-8-4-2-5-9-12)13-10-6-3-7-11-13/h2-11H,1H3. The van der Waals surface area contributed by atoms with Crippen LogP contribution in [0.15, 0.2) is 65.4 Å². The molecule has 84 valence electrons. The number of hydrogen-bond donors (Lipinski definition) is 0. The second-order valence-electron chi connectivity index (χ2n) is 3.99. The van der Waals surface area contributed by atoms with Crippen molar-refractivity contribution in [3.8, 4) is 0 Å². The molecule has 0 aliphatic carbocycles. The third kappa shape index (κ3) is 2.23. The number of benzene rings is 2. The average Bonchev–Trinajstić information content (AvgIpc) is 2.41. The number of rotatable bonds is 3. The van der Waals surface area contributed by atoms with Crippen LogP contribution in [0.3, 0.4) is 0 Å². The van der Waals surface area contributed by atoms with Crippen LogP contribution in [0, 0.1) is 0 Å². The molecule has 0 heterocycles.